The van der Waals surface area contributed by atoms with Crippen molar-refractivity contribution in [1.82, 2.24) is 9.97 Å². The van der Waals surface area contributed by atoms with Crippen LogP contribution in [0, 0.1) is 11.6 Å². The number of pyridine rings is 1. The lowest BCUT2D eigenvalue weighted by Gasteiger charge is -2.11. The molecule has 11 heteroatoms. The van der Waals surface area contributed by atoms with Gasteiger partial charge < -0.3 is 9.72 Å². The third-order valence-corrected chi connectivity index (χ3v) is 4.73. The molecular formula is C16H11F4N3O3S. The van der Waals surface area contributed by atoms with Gasteiger partial charge in [0.2, 0.25) is 0 Å². The number of benzene rings is 1. The first-order chi connectivity index (χ1) is 12.8. The van der Waals surface area contributed by atoms with Gasteiger partial charge >= 0.3 is 6.61 Å². The zero-order valence-electron chi connectivity index (χ0n) is 13.3. The monoisotopic (exact) mass is 401 g/mol. The lowest BCUT2D eigenvalue weighted by atomic mass is 10.3. The fraction of sp³-hybridized carbons (Fsp3) is 0.0625. The van der Waals surface area contributed by atoms with Crippen molar-refractivity contribution < 1.29 is 30.7 Å². The van der Waals surface area contributed by atoms with Crippen LogP contribution in [0.1, 0.15) is 0 Å². The summed E-state index contributed by atoms with van der Waals surface area (Å²) in [4.78, 5) is 6.52. The van der Waals surface area contributed by atoms with Crippen molar-refractivity contribution in [3.05, 3.63) is 60.4 Å². The summed E-state index contributed by atoms with van der Waals surface area (Å²) in [6, 6.07) is 7.04. The minimum Gasteiger partial charge on any atom is -0.432 e. The number of anilines is 1. The molecule has 0 bridgehead atoms. The maximum atomic E-state index is 14.0. The Morgan fingerprint density at radius 1 is 1.11 bits per heavy atom. The summed E-state index contributed by atoms with van der Waals surface area (Å²) in [5, 5.41) is 0. The van der Waals surface area contributed by atoms with Crippen LogP contribution in [0.5, 0.6) is 5.75 Å². The Kier molecular flexibility index (Phi) is 5.04. The SMILES string of the molecule is O=S(=O)(Nc1cc(F)c(OC(F)F)cc1F)c1c[nH]c(-c2ccccn2)c1. The van der Waals surface area contributed by atoms with Gasteiger partial charge in [0.25, 0.3) is 10.0 Å². The van der Waals surface area contributed by atoms with Crippen LogP contribution < -0.4 is 9.46 Å². The predicted molar refractivity (Wildman–Crippen MR) is 87.8 cm³/mol. The van der Waals surface area contributed by atoms with E-state index in [9.17, 15) is 26.0 Å². The van der Waals surface area contributed by atoms with Crippen molar-refractivity contribution in [3.8, 4) is 17.1 Å². The van der Waals surface area contributed by atoms with Gasteiger partial charge in [-0.05, 0) is 18.2 Å². The minimum absolute atomic E-state index is 0.254. The molecule has 0 aliphatic heterocycles. The lowest BCUT2D eigenvalue weighted by Crippen LogP contribution is -2.14. The van der Waals surface area contributed by atoms with E-state index in [4.69, 9.17) is 0 Å². The van der Waals surface area contributed by atoms with Crippen molar-refractivity contribution in [2.24, 2.45) is 0 Å². The van der Waals surface area contributed by atoms with E-state index >= 15 is 0 Å². The molecule has 0 saturated heterocycles. The fourth-order valence-corrected chi connectivity index (χ4v) is 3.25. The Morgan fingerprint density at radius 3 is 2.56 bits per heavy atom. The highest BCUT2D eigenvalue weighted by Gasteiger charge is 2.21. The highest BCUT2D eigenvalue weighted by atomic mass is 32.2. The molecule has 0 fully saturated rings. The lowest BCUT2D eigenvalue weighted by molar-refractivity contribution is -0.0523. The Hall–Kier alpha value is -3.08. The maximum absolute atomic E-state index is 14.0. The van der Waals surface area contributed by atoms with Crippen LogP contribution >= 0.6 is 0 Å². The minimum atomic E-state index is -4.28. The number of ether oxygens (including phenoxy) is 1. The molecule has 0 spiro atoms. The second-order valence-electron chi connectivity index (χ2n) is 5.21. The molecule has 27 heavy (non-hydrogen) atoms. The summed E-state index contributed by atoms with van der Waals surface area (Å²) >= 11 is 0. The van der Waals surface area contributed by atoms with Crippen molar-refractivity contribution >= 4 is 15.7 Å². The third kappa shape index (κ3) is 4.19. The summed E-state index contributed by atoms with van der Waals surface area (Å²) in [6.45, 7) is -3.36. The molecule has 0 radical (unpaired) electrons. The van der Waals surface area contributed by atoms with E-state index in [1.54, 1.807) is 18.2 Å². The van der Waals surface area contributed by atoms with E-state index in [0.717, 1.165) is 6.20 Å². The number of alkyl halides is 2. The molecule has 0 saturated carbocycles. The van der Waals surface area contributed by atoms with Crippen LogP contribution in [0.3, 0.4) is 0 Å². The summed E-state index contributed by atoms with van der Waals surface area (Å²) < 4.78 is 82.4. The van der Waals surface area contributed by atoms with Gasteiger partial charge in [-0.15, -0.1) is 0 Å². The molecule has 0 atom stereocenters. The molecular weight excluding hydrogens is 390 g/mol. The summed E-state index contributed by atoms with van der Waals surface area (Å²) in [5.41, 5.74) is 0.114. The number of halogens is 4. The Labute approximate surface area is 150 Å². The van der Waals surface area contributed by atoms with Crippen LogP contribution in [0.25, 0.3) is 11.4 Å². The summed E-state index contributed by atoms with van der Waals surface area (Å²) in [6.07, 6.45) is 2.67. The largest absolute Gasteiger partial charge is 0.432 e. The quantitative estimate of drug-likeness (QED) is 0.616. The molecule has 0 aliphatic carbocycles. The molecule has 1 aromatic carbocycles. The van der Waals surface area contributed by atoms with Crippen molar-refractivity contribution in [2.45, 2.75) is 11.5 Å². The van der Waals surface area contributed by atoms with E-state index in [-0.39, 0.29) is 4.90 Å². The highest BCUT2D eigenvalue weighted by Crippen LogP contribution is 2.28. The number of sulfonamides is 1. The second-order valence-corrected chi connectivity index (χ2v) is 6.89. The van der Waals surface area contributed by atoms with Crippen LogP contribution in [0.2, 0.25) is 0 Å². The number of aromatic amines is 1. The average molecular weight is 401 g/mol. The predicted octanol–water partition coefficient (Wildman–Crippen LogP) is 3.76. The number of rotatable bonds is 6. The van der Waals surface area contributed by atoms with Gasteiger partial charge in [-0.25, -0.2) is 17.2 Å². The van der Waals surface area contributed by atoms with Crippen molar-refractivity contribution in [3.63, 3.8) is 0 Å². The topological polar surface area (TPSA) is 84.1 Å². The van der Waals surface area contributed by atoms with Gasteiger partial charge in [-0.2, -0.15) is 8.78 Å². The first-order valence-corrected chi connectivity index (χ1v) is 8.81. The van der Waals surface area contributed by atoms with Gasteiger partial charge in [-0.3, -0.25) is 9.71 Å². The van der Waals surface area contributed by atoms with Gasteiger partial charge in [0.1, 0.15) is 4.90 Å². The van der Waals surface area contributed by atoms with Crippen molar-refractivity contribution in [1.29, 1.82) is 0 Å². The van der Waals surface area contributed by atoms with Crippen LogP contribution in [-0.4, -0.2) is 25.0 Å². The average Bonchev–Trinajstić information content (AvgIpc) is 3.10. The van der Waals surface area contributed by atoms with E-state index in [1.165, 1.54) is 12.3 Å². The van der Waals surface area contributed by atoms with Crippen LogP contribution in [0.4, 0.5) is 23.2 Å². The van der Waals surface area contributed by atoms with E-state index in [0.29, 0.717) is 23.5 Å². The third-order valence-electron chi connectivity index (χ3n) is 3.39. The highest BCUT2D eigenvalue weighted by molar-refractivity contribution is 7.92. The molecule has 3 rings (SSSR count). The van der Waals surface area contributed by atoms with E-state index in [2.05, 4.69) is 14.7 Å². The molecule has 6 nitrogen and oxygen atoms in total. The number of nitrogens with zero attached hydrogens (tertiary/aromatic N) is 1. The molecule has 142 valence electrons. The molecule has 2 heterocycles. The number of nitrogens with one attached hydrogen (secondary N) is 2. The van der Waals surface area contributed by atoms with Gasteiger partial charge in [0.15, 0.2) is 17.4 Å². The molecule has 0 aliphatic rings. The van der Waals surface area contributed by atoms with Gasteiger partial charge in [0, 0.05) is 24.5 Å². The number of hydrogen-bond acceptors (Lipinski definition) is 4. The molecule has 0 amide bonds. The zero-order chi connectivity index (χ0) is 19.6. The zero-order valence-corrected chi connectivity index (χ0v) is 14.1. The number of aromatic nitrogens is 2. The number of H-pyrrole nitrogens is 1. The first-order valence-electron chi connectivity index (χ1n) is 7.33. The van der Waals surface area contributed by atoms with Crippen LogP contribution in [0.15, 0.2) is 53.7 Å². The second kappa shape index (κ2) is 7.27. The Balaban J connectivity index is 1.87. The van der Waals surface area contributed by atoms with Gasteiger partial charge in [-0.1, -0.05) is 6.07 Å². The van der Waals surface area contributed by atoms with E-state index in [1.807, 2.05) is 4.72 Å². The maximum Gasteiger partial charge on any atom is 0.387 e. The molecule has 2 N–H and O–H groups in total. The van der Waals surface area contributed by atoms with E-state index < -0.39 is 39.7 Å². The number of hydrogen-bond donors (Lipinski definition) is 2. The normalized spacial score (nSPS) is 11.6. The fourth-order valence-electron chi connectivity index (χ4n) is 2.20. The standard InChI is InChI=1S/C16H11F4N3O3S/c17-10-7-15(26-16(19)20)11(18)6-13(10)23-27(24,25)9-5-14(22-8-9)12-3-1-2-4-21-12/h1-8,16,22-23H. The first kappa shape index (κ1) is 18.7. The smallest absolute Gasteiger partial charge is 0.387 e. The summed E-state index contributed by atoms with van der Waals surface area (Å²) in [7, 11) is -4.28. The molecule has 3 aromatic rings. The Bertz CT molecular complexity index is 1060. The van der Waals surface area contributed by atoms with Crippen LogP contribution in [-0.2, 0) is 10.0 Å². The van der Waals surface area contributed by atoms with Crippen molar-refractivity contribution in [2.75, 3.05) is 4.72 Å². The molecule has 0 unspecified atom stereocenters. The molecule has 2 aromatic heterocycles. The summed E-state index contributed by atoms with van der Waals surface area (Å²) in [5.74, 6) is -3.67. The van der Waals surface area contributed by atoms with Gasteiger partial charge in [0.05, 0.1) is 17.1 Å². The Morgan fingerprint density at radius 2 is 1.89 bits per heavy atom.